The van der Waals surface area contributed by atoms with E-state index in [-0.39, 0.29) is 17.6 Å². The van der Waals surface area contributed by atoms with Crippen molar-refractivity contribution in [2.75, 3.05) is 0 Å². The molecule has 0 aliphatic rings. The molecule has 1 N–H and O–H groups in total. The number of aromatic nitrogens is 2. The van der Waals surface area contributed by atoms with Crippen LogP contribution in [0.15, 0.2) is 45.8 Å². The van der Waals surface area contributed by atoms with Gasteiger partial charge in [-0.1, -0.05) is 0 Å². The third-order valence-corrected chi connectivity index (χ3v) is 3.43. The molecule has 0 aliphatic carbocycles. The van der Waals surface area contributed by atoms with Crippen LogP contribution >= 0.6 is 0 Å². The van der Waals surface area contributed by atoms with E-state index in [1.54, 1.807) is 12.1 Å². The van der Waals surface area contributed by atoms with Crippen LogP contribution in [0.3, 0.4) is 0 Å². The molecule has 0 unspecified atom stereocenters. The predicted octanol–water partition coefficient (Wildman–Crippen LogP) is 2.08. The van der Waals surface area contributed by atoms with Crippen molar-refractivity contribution in [2.24, 2.45) is 0 Å². The van der Waals surface area contributed by atoms with Crippen molar-refractivity contribution in [3.8, 4) is 0 Å². The highest BCUT2D eigenvalue weighted by Gasteiger charge is 2.17. The molecule has 0 fully saturated rings. The first-order chi connectivity index (χ1) is 11.1. The molecule has 0 saturated heterocycles. The second kappa shape index (κ2) is 6.04. The summed E-state index contributed by atoms with van der Waals surface area (Å²) in [6.07, 6.45) is 1.49. The summed E-state index contributed by atoms with van der Waals surface area (Å²) in [6, 6.07) is 7.25. The van der Waals surface area contributed by atoms with E-state index in [0.29, 0.717) is 17.8 Å². The first kappa shape index (κ1) is 15.0. The molecule has 3 aromatic rings. The van der Waals surface area contributed by atoms with Crippen molar-refractivity contribution in [1.29, 1.82) is 0 Å². The van der Waals surface area contributed by atoms with Crippen LogP contribution < -0.4 is 10.7 Å². The second-order valence-electron chi connectivity index (χ2n) is 4.92. The van der Waals surface area contributed by atoms with Gasteiger partial charge in [0.1, 0.15) is 11.6 Å². The van der Waals surface area contributed by atoms with Crippen LogP contribution in [0.5, 0.6) is 0 Å². The number of amides is 1. The zero-order valence-corrected chi connectivity index (χ0v) is 12.4. The summed E-state index contributed by atoms with van der Waals surface area (Å²) in [4.78, 5) is 24.7. The molecule has 0 saturated carbocycles. The molecular formula is C16H14FN3O3. The lowest BCUT2D eigenvalue weighted by atomic mass is 10.2. The number of nitrogens with one attached hydrogen (secondary N) is 1. The SMILES string of the molecule is CCn1nc(C(=O)NCc2ccco2)c(=O)c2cc(F)ccc21. The van der Waals surface area contributed by atoms with Crippen LogP contribution in [0.2, 0.25) is 0 Å². The number of carbonyl (C=O) groups is 1. The monoisotopic (exact) mass is 315 g/mol. The van der Waals surface area contributed by atoms with Gasteiger partial charge < -0.3 is 9.73 Å². The van der Waals surface area contributed by atoms with E-state index in [2.05, 4.69) is 10.4 Å². The first-order valence-electron chi connectivity index (χ1n) is 7.11. The van der Waals surface area contributed by atoms with Gasteiger partial charge in [0.15, 0.2) is 5.69 Å². The Bertz CT molecular complexity index is 916. The van der Waals surface area contributed by atoms with E-state index in [1.165, 1.54) is 23.1 Å². The normalized spacial score (nSPS) is 10.9. The number of carbonyl (C=O) groups excluding carboxylic acids is 1. The molecule has 7 heteroatoms. The summed E-state index contributed by atoms with van der Waals surface area (Å²) >= 11 is 0. The maximum Gasteiger partial charge on any atom is 0.276 e. The minimum absolute atomic E-state index is 0.130. The number of aryl methyl sites for hydroxylation is 1. The molecule has 2 heterocycles. The molecule has 118 valence electrons. The van der Waals surface area contributed by atoms with Gasteiger partial charge in [0.05, 0.1) is 23.7 Å². The summed E-state index contributed by atoms with van der Waals surface area (Å²) in [6.45, 7) is 2.41. The average molecular weight is 315 g/mol. The third-order valence-electron chi connectivity index (χ3n) is 3.43. The van der Waals surface area contributed by atoms with Crippen molar-refractivity contribution in [2.45, 2.75) is 20.0 Å². The molecule has 0 bridgehead atoms. The number of furan rings is 1. The molecule has 2 aromatic heterocycles. The second-order valence-corrected chi connectivity index (χ2v) is 4.92. The summed E-state index contributed by atoms with van der Waals surface area (Å²) < 4.78 is 20.0. The van der Waals surface area contributed by atoms with E-state index in [9.17, 15) is 14.0 Å². The van der Waals surface area contributed by atoms with Crippen LogP contribution in [-0.2, 0) is 13.1 Å². The Labute approximate surface area is 130 Å². The zero-order chi connectivity index (χ0) is 16.4. The van der Waals surface area contributed by atoms with Crippen LogP contribution in [0.4, 0.5) is 4.39 Å². The zero-order valence-electron chi connectivity index (χ0n) is 12.4. The average Bonchev–Trinajstić information content (AvgIpc) is 3.07. The first-order valence-corrected chi connectivity index (χ1v) is 7.11. The minimum Gasteiger partial charge on any atom is -0.467 e. The molecule has 3 rings (SSSR count). The van der Waals surface area contributed by atoms with Crippen molar-refractivity contribution in [3.05, 3.63) is 64.1 Å². The van der Waals surface area contributed by atoms with Crippen LogP contribution in [0.1, 0.15) is 23.2 Å². The summed E-state index contributed by atoms with van der Waals surface area (Å²) in [5.74, 6) is -0.605. The van der Waals surface area contributed by atoms with Gasteiger partial charge in [-0.05, 0) is 37.3 Å². The van der Waals surface area contributed by atoms with Crippen LogP contribution in [0, 0.1) is 5.82 Å². The fraction of sp³-hybridized carbons (Fsp3) is 0.188. The van der Waals surface area contributed by atoms with Gasteiger partial charge in [0.25, 0.3) is 5.91 Å². The van der Waals surface area contributed by atoms with E-state index >= 15 is 0 Å². The number of halogens is 1. The molecule has 6 nitrogen and oxygen atoms in total. The topological polar surface area (TPSA) is 77.1 Å². The quantitative estimate of drug-likeness (QED) is 0.799. The highest BCUT2D eigenvalue weighted by molar-refractivity contribution is 5.95. The maximum absolute atomic E-state index is 13.4. The number of nitrogens with zero attached hydrogens (tertiary/aromatic N) is 2. The van der Waals surface area contributed by atoms with Gasteiger partial charge in [-0.3, -0.25) is 14.3 Å². The van der Waals surface area contributed by atoms with Gasteiger partial charge >= 0.3 is 0 Å². The Morgan fingerprint density at radius 2 is 2.22 bits per heavy atom. The van der Waals surface area contributed by atoms with E-state index in [0.717, 1.165) is 6.07 Å². The van der Waals surface area contributed by atoms with E-state index in [1.807, 2.05) is 6.92 Å². The molecular weight excluding hydrogens is 301 g/mol. The minimum atomic E-state index is -0.625. The number of hydrogen-bond acceptors (Lipinski definition) is 4. The van der Waals surface area contributed by atoms with Gasteiger partial charge in [-0.25, -0.2) is 4.39 Å². The number of rotatable bonds is 4. The Balaban J connectivity index is 2.01. The summed E-state index contributed by atoms with van der Waals surface area (Å²) in [7, 11) is 0. The molecule has 1 aromatic carbocycles. The van der Waals surface area contributed by atoms with Crippen molar-refractivity contribution in [3.63, 3.8) is 0 Å². The fourth-order valence-electron chi connectivity index (χ4n) is 2.32. The number of fused-ring (bicyclic) bond motifs is 1. The lowest BCUT2D eigenvalue weighted by Gasteiger charge is -2.10. The Morgan fingerprint density at radius 1 is 1.39 bits per heavy atom. The molecule has 0 atom stereocenters. The molecule has 1 amide bonds. The Kier molecular flexibility index (Phi) is 3.92. The number of hydrogen-bond donors (Lipinski definition) is 1. The third kappa shape index (κ3) is 2.85. The Hall–Kier alpha value is -2.96. The predicted molar refractivity (Wildman–Crippen MR) is 81.5 cm³/mol. The Morgan fingerprint density at radius 3 is 2.91 bits per heavy atom. The molecule has 0 aliphatic heterocycles. The maximum atomic E-state index is 13.4. The van der Waals surface area contributed by atoms with Crippen molar-refractivity contribution < 1.29 is 13.6 Å². The fourth-order valence-corrected chi connectivity index (χ4v) is 2.32. The van der Waals surface area contributed by atoms with Crippen LogP contribution in [-0.4, -0.2) is 15.7 Å². The van der Waals surface area contributed by atoms with Crippen LogP contribution in [0.25, 0.3) is 10.9 Å². The van der Waals surface area contributed by atoms with Gasteiger partial charge in [0.2, 0.25) is 5.43 Å². The largest absolute Gasteiger partial charge is 0.467 e. The highest BCUT2D eigenvalue weighted by atomic mass is 19.1. The van der Waals surface area contributed by atoms with Gasteiger partial charge in [0, 0.05) is 6.54 Å². The van der Waals surface area contributed by atoms with Crippen molar-refractivity contribution >= 4 is 16.8 Å². The van der Waals surface area contributed by atoms with Gasteiger partial charge in [-0.2, -0.15) is 5.10 Å². The van der Waals surface area contributed by atoms with Crippen molar-refractivity contribution in [1.82, 2.24) is 15.1 Å². The standard InChI is InChI=1S/C16H14FN3O3/c1-2-20-13-6-5-10(17)8-12(13)15(21)14(19-20)16(22)18-9-11-4-3-7-23-11/h3-8H,2,9H2,1H3,(H,18,22). The smallest absolute Gasteiger partial charge is 0.276 e. The van der Waals surface area contributed by atoms with Gasteiger partial charge in [-0.15, -0.1) is 0 Å². The summed E-state index contributed by atoms with van der Waals surface area (Å²) in [5.41, 5.74) is -0.376. The molecule has 0 spiro atoms. The molecule has 0 radical (unpaired) electrons. The lowest BCUT2D eigenvalue weighted by Crippen LogP contribution is -2.31. The number of benzene rings is 1. The highest BCUT2D eigenvalue weighted by Crippen LogP contribution is 2.12. The van der Waals surface area contributed by atoms with E-state index in [4.69, 9.17) is 4.42 Å². The summed E-state index contributed by atoms with van der Waals surface area (Å²) in [5, 5.41) is 6.79. The molecule has 23 heavy (non-hydrogen) atoms. The van der Waals surface area contributed by atoms with E-state index < -0.39 is 17.2 Å². The lowest BCUT2D eigenvalue weighted by molar-refractivity contribution is 0.0940.